The highest BCUT2D eigenvalue weighted by Gasteiger charge is 2.24. The summed E-state index contributed by atoms with van der Waals surface area (Å²) in [6.45, 7) is 2.79. The molecular formula is C7H15N3O2. The topological polar surface area (TPSA) is 64.6 Å². The van der Waals surface area contributed by atoms with Crippen LogP contribution in [0.25, 0.3) is 0 Å². The third-order valence-electron chi connectivity index (χ3n) is 2.04. The van der Waals surface area contributed by atoms with Crippen molar-refractivity contribution in [1.82, 2.24) is 15.5 Å². The molecule has 5 heteroatoms. The molecule has 0 bridgehead atoms. The molecular weight excluding hydrogens is 158 g/mol. The van der Waals surface area contributed by atoms with E-state index in [4.69, 9.17) is 5.11 Å². The highest BCUT2D eigenvalue weighted by Crippen LogP contribution is 2.01. The summed E-state index contributed by atoms with van der Waals surface area (Å²) in [5.74, 6) is 0. The minimum absolute atomic E-state index is 0.0706. The predicted octanol–water partition coefficient (Wildman–Crippen LogP) is -0.842. The fraction of sp³-hybridized carbons (Fsp3) is 0.857. The van der Waals surface area contributed by atoms with Gasteiger partial charge in [-0.2, -0.15) is 0 Å². The van der Waals surface area contributed by atoms with Crippen molar-refractivity contribution >= 4 is 6.09 Å². The zero-order chi connectivity index (χ0) is 8.97. The number of carboxylic acid groups (broad SMARTS) is 1. The fourth-order valence-electron chi connectivity index (χ4n) is 1.43. The molecule has 3 N–H and O–H groups in total. The van der Waals surface area contributed by atoms with Crippen LogP contribution in [0.2, 0.25) is 0 Å². The molecule has 1 aliphatic heterocycles. The molecule has 1 saturated heterocycles. The number of piperazine rings is 1. The molecule has 12 heavy (non-hydrogen) atoms. The summed E-state index contributed by atoms with van der Waals surface area (Å²) in [5, 5.41) is 14.9. The van der Waals surface area contributed by atoms with E-state index in [2.05, 4.69) is 10.6 Å². The molecule has 1 heterocycles. The van der Waals surface area contributed by atoms with Crippen molar-refractivity contribution < 1.29 is 9.90 Å². The largest absolute Gasteiger partial charge is 0.465 e. The summed E-state index contributed by atoms with van der Waals surface area (Å²) < 4.78 is 0. The Balaban J connectivity index is 2.48. The van der Waals surface area contributed by atoms with E-state index in [0.717, 1.165) is 13.1 Å². The average molecular weight is 173 g/mol. The average Bonchev–Trinajstić information content (AvgIpc) is 2.05. The van der Waals surface area contributed by atoms with Crippen LogP contribution in [0.5, 0.6) is 0 Å². The van der Waals surface area contributed by atoms with E-state index in [1.54, 1.807) is 0 Å². The Morgan fingerprint density at radius 2 is 2.58 bits per heavy atom. The number of likely N-dealkylation sites (N-methyl/N-ethyl adjacent to an activating group) is 1. The second-order valence-electron chi connectivity index (χ2n) is 2.89. The van der Waals surface area contributed by atoms with Crippen LogP contribution >= 0.6 is 0 Å². The third kappa shape index (κ3) is 2.09. The van der Waals surface area contributed by atoms with Gasteiger partial charge in [-0.1, -0.05) is 0 Å². The minimum Gasteiger partial charge on any atom is -0.465 e. The van der Waals surface area contributed by atoms with Gasteiger partial charge in [-0.3, -0.25) is 0 Å². The van der Waals surface area contributed by atoms with Crippen LogP contribution < -0.4 is 10.6 Å². The van der Waals surface area contributed by atoms with Gasteiger partial charge in [0.15, 0.2) is 0 Å². The zero-order valence-corrected chi connectivity index (χ0v) is 7.21. The third-order valence-corrected chi connectivity index (χ3v) is 2.04. The lowest BCUT2D eigenvalue weighted by Crippen LogP contribution is -2.56. The SMILES string of the molecule is CNCC1CNCCN1C(=O)O. The lowest BCUT2D eigenvalue weighted by Gasteiger charge is -2.33. The Morgan fingerprint density at radius 3 is 3.17 bits per heavy atom. The van der Waals surface area contributed by atoms with E-state index in [-0.39, 0.29) is 6.04 Å². The van der Waals surface area contributed by atoms with Gasteiger partial charge in [0.25, 0.3) is 0 Å². The quantitative estimate of drug-likeness (QED) is 0.509. The van der Waals surface area contributed by atoms with E-state index >= 15 is 0 Å². The molecule has 1 atom stereocenters. The first-order valence-corrected chi connectivity index (χ1v) is 4.10. The van der Waals surface area contributed by atoms with E-state index in [0.29, 0.717) is 13.1 Å². The molecule has 0 aromatic rings. The molecule has 0 aromatic carbocycles. The molecule has 1 unspecified atom stereocenters. The molecule has 0 radical (unpaired) electrons. The van der Waals surface area contributed by atoms with Crippen LogP contribution in [0.3, 0.4) is 0 Å². The number of nitrogens with one attached hydrogen (secondary N) is 2. The van der Waals surface area contributed by atoms with Gasteiger partial charge < -0.3 is 20.6 Å². The summed E-state index contributed by atoms with van der Waals surface area (Å²) in [7, 11) is 1.83. The Kier molecular flexibility index (Phi) is 3.31. The second kappa shape index (κ2) is 4.27. The van der Waals surface area contributed by atoms with Crippen molar-refractivity contribution in [3.63, 3.8) is 0 Å². The molecule has 1 rings (SSSR count). The Morgan fingerprint density at radius 1 is 1.83 bits per heavy atom. The Bertz CT molecular complexity index is 161. The van der Waals surface area contributed by atoms with Crippen LogP contribution in [-0.2, 0) is 0 Å². The maximum Gasteiger partial charge on any atom is 0.407 e. The summed E-state index contributed by atoms with van der Waals surface area (Å²) in [6, 6.07) is 0.0706. The summed E-state index contributed by atoms with van der Waals surface area (Å²) in [5.41, 5.74) is 0. The lowest BCUT2D eigenvalue weighted by atomic mass is 10.2. The van der Waals surface area contributed by atoms with Crippen LogP contribution in [0, 0.1) is 0 Å². The standard InChI is InChI=1S/C7H15N3O2/c1-8-4-6-5-9-2-3-10(6)7(11)12/h6,8-9H,2-5H2,1H3,(H,11,12). The van der Waals surface area contributed by atoms with Crippen molar-refractivity contribution in [1.29, 1.82) is 0 Å². The van der Waals surface area contributed by atoms with Gasteiger partial charge >= 0.3 is 6.09 Å². The van der Waals surface area contributed by atoms with Gasteiger partial charge in [0.2, 0.25) is 0 Å². The number of hydrogen-bond donors (Lipinski definition) is 3. The highest BCUT2D eigenvalue weighted by atomic mass is 16.4. The normalized spacial score (nSPS) is 24.1. The van der Waals surface area contributed by atoms with Crippen LogP contribution in [0.15, 0.2) is 0 Å². The zero-order valence-electron chi connectivity index (χ0n) is 7.21. The molecule has 0 aromatic heterocycles. The number of hydrogen-bond acceptors (Lipinski definition) is 3. The minimum atomic E-state index is -0.822. The number of rotatable bonds is 2. The van der Waals surface area contributed by atoms with Crippen LogP contribution in [0.1, 0.15) is 0 Å². The maximum absolute atomic E-state index is 10.7. The van der Waals surface area contributed by atoms with E-state index in [1.807, 2.05) is 7.05 Å². The van der Waals surface area contributed by atoms with Crippen LogP contribution in [-0.4, -0.2) is 55.4 Å². The first kappa shape index (κ1) is 9.28. The molecule has 1 aliphatic rings. The van der Waals surface area contributed by atoms with Crippen molar-refractivity contribution in [3.8, 4) is 0 Å². The van der Waals surface area contributed by atoms with Crippen molar-refractivity contribution in [2.45, 2.75) is 6.04 Å². The van der Waals surface area contributed by atoms with Gasteiger partial charge in [0, 0.05) is 26.2 Å². The molecule has 0 spiro atoms. The number of nitrogens with zero attached hydrogens (tertiary/aromatic N) is 1. The number of amides is 1. The molecule has 5 nitrogen and oxygen atoms in total. The maximum atomic E-state index is 10.7. The van der Waals surface area contributed by atoms with Crippen molar-refractivity contribution in [2.24, 2.45) is 0 Å². The lowest BCUT2D eigenvalue weighted by molar-refractivity contribution is 0.112. The highest BCUT2D eigenvalue weighted by molar-refractivity contribution is 5.65. The number of carbonyl (C=O) groups is 1. The van der Waals surface area contributed by atoms with Gasteiger partial charge in [-0.25, -0.2) is 4.79 Å². The summed E-state index contributed by atoms with van der Waals surface area (Å²) in [4.78, 5) is 12.2. The van der Waals surface area contributed by atoms with E-state index in [9.17, 15) is 4.79 Å². The van der Waals surface area contributed by atoms with Gasteiger partial charge in [-0.05, 0) is 7.05 Å². The van der Waals surface area contributed by atoms with Gasteiger partial charge in [0.1, 0.15) is 0 Å². The Labute approximate surface area is 71.7 Å². The Hall–Kier alpha value is -0.810. The van der Waals surface area contributed by atoms with Gasteiger partial charge in [-0.15, -0.1) is 0 Å². The molecule has 0 aliphatic carbocycles. The first-order valence-electron chi connectivity index (χ1n) is 4.10. The second-order valence-corrected chi connectivity index (χ2v) is 2.89. The summed E-state index contributed by atoms with van der Waals surface area (Å²) in [6.07, 6.45) is -0.822. The van der Waals surface area contributed by atoms with Crippen molar-refractivity contribution in [3.05, 3.63) is 0 Å². The van der Waals surface area contributed by atoms with Crippen LogP contribution in [0.4, 0.5) is 4.79 Å². The van der Waals surface area contributed by atoms with Crippen molar-refractivity contribution in [2.75, 3.05) is 33.2 Å². The van der Waals surface area contributed by atoms with Gasteiger partial charge in [0.05, 0.1) is 6.04 Å². The first-order chi connectivity index (χ1) is 5.75. The molecule has 1 fully saturated rings. The smallest absolute Gasteiger partial charge is 0.407 e. The van der Waals surface area contributed by atoms with E-state index in [1.165, 1.54) is 4.90 Å². The summed E-state index contributed by atoms with van der Waals surface area (Å²) >= 11 is 0. The fourth-order valence-corrected chi connectivity index (χ4v) is 1.43. The molecule has 70 valence electrons. The monoisotopic (exact) mass is 173 g/mol. The molecule has 1 amide bonds. The van der Waals surface area contributed by atoms with E-state index < -0.39 is 6.09 Å². The molecule has 0 saturated carbocycles. The predicted molar refractivity (Wildman–Crippen MR) is 45.3 cm³/mol.